The minimum absolute atomic E-state index is 0.141. The van der Waals surface area contributed by atoms with Crippen molar-refractivity contribution in [2.24, 2.45) is 0 Å². The Bertz CT molecular complexity index is 1080. The van der Waals surface area contributed by atoms with Gasteiger partial charge >= 0.3 is 6.03 Å². The molecule has 1 atom stereocenters. The highest BCUT2D eigenvalue weighted by Crippen LogP contribution is 2.33. The van der Waals surface area contributed by atoms with Gasteiger partial charge in [0.2, 0.25) is 0 Å². The highest BCUT2D eigenvalue weighted by molar-refractivity contribution is 6.09. The third-order valence-electron chi connectivity index (χ3n) is 5.35. The molecule has 0 bridgehead atoms. The molecule has 3 amide bonds. The molecule has 5 nitrogen and oxygen atoms in total. The van der Waals surface area contributed by atoms with Crippen molar-refractivity contribution in [2.45, 2.75) is 19.0 Å². The molecule has 0 aromatic heterocycles. The first-order valence-corrected chi connectivity index (χ1v) is 9.44. The topological polar surface area (TPSA) is 52.6 Å². The second-order valence-electron chi connectivity index (χ2n) is 7.60. The molecule has 1 heterocycles. The highest BCUT2D eigenvalue weighted by Gasteiger charge is 2.49. The van der Waals surface area contributed by atoms with Gasteiger partial charge in [-0.3, -0.25) is 9.69 Å². The van der Waals surface area contributed by atoms with Crippen LogP contribution in [0.15, 0.2) is 66.7 Å². The molecule has 0 saturated carbocycles. The van der Waals surface area contributed by atoms with Gasteiger partial charge < -0.3 is 5.32 Å². The highest BCUT2D eigenvalue weighted by atomic mass is 19.1. The first kappa shape index (κ1) is 19.1. The first-order chi connectivity index (χ1) is 13.9. The van der Waals surface area contributed by atoms with E-state index >= 15 is 0 Å². The second kappa shape index (κ2) is 7.29. The lowest BCUT2D eigenvalue weighted by Crippen LogP contribution is -2.43. The molecule has 148 valence electrons. The smallest absolute Gasteiger partial charge is 0.319 e. The van der Waals surface area contributed by atoms with Crippen LogP contribution in [0.3, 0.4) is 0 Å². The van der Waals surface area contributed by atoms with E-state index in [2.05, 4.69) is 5.32 Å². The van der Waals surface area contributed by atoms with Gasteiger partial charge in [0.1, 0.15) is 11.4 Å². The summed E-state index contributed by atoms with van der Waals surface area (Å²) in [5.74, 6) is -0.582. The molecule has 3 aromatic rings. The van der Waals surface area contributed by atoms with E-state index in [-0.39, 0.29) is 18.4 Å². The van der Waals surface area contributed by atoms with Gasteiger partial charge in [0.15, 0.2) is 0 Å². The molecule has 1 fully saturated rings. The van der Waals surface area contributed by atoms with Crippen molar-refractivity contribution in [1.29, 1.82) is 0 Å². The van der Waals surface area contributed by atoms with Gasteiger partial charge in [-0.2, -0.15) is 0 Å². The number of hydrogen-bond acceptors (Lipinski definition) is 3. The maximum Gasteiger partial charge on any atom is 0.326 e. The minimum Gasteiger partial charge on any atom is -0.319 e. The molecule has 1 N–H and O–H groups in total. The van der Waals surface area contributed by atoms with Crippen LogP contribution in [-0.2, 0) is 16.9 Å². The van der Waals surface area contributed by atoms with E-state index in [1.165, 1.54) is 17.0 Å². The van der Waals surface area contributed by atoms with Crippen molar-refractivity contribution in [3.05, 3.63) is 83.7 Å². The third kappa shape index (κ3) is 3.47. The number of halogens is 1. The summed E-state index contributed by atoms with van der Waals surface area (Å²) in [6.45, 7) is 2.37. The summed E-state index contributed by atoms with van der Waals surface area (Å²) >= 11 is 0. The average molecular weight is 391 g/mol. The summed E-state index contributed by atoms with van der Waals surface area (Å²) in [5, 5.41) is 4.83. The predicted octanol–water partition coefficient (Wildman–Crippen LogP) is 3.84. The van der Waals surface area contributed by atoms with Crippen LogP contribution in [0.25, 0.3) is 10.8 Å². The molecular weight excluding hydrogens is 369 g/mol. The van der Waals surface area contributed by atoms with Crippen LogP contribution in [0.1, 0.15) is 18.1 Å². The standard InChI is InChI=1S/C23H22FN3O2/c1-23(20-9-5-7-17-6-3-4-8-19(17)20)21(28)27(22(29)25-23)15-26(2)14-16-10-12-18(24)13-11-16/h3-13H,14-15H2,1-2H3,(H,25,29)/t23-/m0/s1. The Morgan fingerprint density at radius 2 is 1.69 bits per heavy atom. The summed E-state index contributed by atoms with van der Waals surface area (Å²) in [6, 6.07) is 19.3. The van der Waals surface area contributed by atoms with Gasteiger partial charge in [0.25, 0.3) is 5.91 Å². The number of nitrogens with one attached hydrogen (secondary N) is 1. The molecular formula is C23H22FN3O2. The zero-order chi connectivity index (χ0) is 20.6. The molecule has 6 heteroatoms. The normalized spacial score (nSPS) is 19.2. The van der Waals surface area contributed by atoms with E-state index in [0.717, 1.165) is 21.9 Å². The summed E-state index contributed by atoms with van der Waals surface area (Å²) < 4.78 is 13.1. The molecule has 1 aliphatic rings. The summed E-state index contributed by atoms with van der Waals surface area (Å²) in [4.78, 5) is 29.0. The zero-order valence-electron chi connectivity index (χ0n) is 16.4. The fourth-order valence-corrected chi connectivity index (χ4v) is 3.86. The number of carbonyl (C=O) groups is 2. The lowest BCUT2D eigenvalue weighted by Gasteiger charge is -2.25. The van der Waals surface area contributed by atoms with Crippen molar-refractivity contribution in [3.8, 4) is 0 Å². The van der Waals surface area contributed by atoms with Crippen molar-refractivity contribution in [2.75, 3.05) is 13.7 Å². The number of hydrogen-bond donors (Lipinski definition) is 1. The number of rotatable bonds is 5. The van der Waals surface area contributed by atoms with Crippen molar-refractivity contribution >= 4 is 22.7 Å². The SMILES string of the molecule is CN(Cc1ccc(F)cc1)CN1C(=O)N[C@@](C)(c2cccc3ccccc23)C1=O. The van der Waals surface area contributed by atoms with E-state index in [9.17, 15) is 14.0 Å². The molecule has 3 aromatic carbocycles. The second-order valence-corrected chi connectivity index (χ2v) is 7.60. The first-order valence-electron chi connectivity index (χ1n) is 9.44. The van der Waals surface area contributed by atoms with Gasteiger partial charge in [-0.25, -0.2) is 14.1 Å². The van der Waals surface area contributed by atoms with Crippen LogP contribution < -0.4 is 5.32 Å². The van der Waals surface area contributed by atoms with Gasteiger partial charge in [0, 0.05) is 6.54 Å². The number of amides is 3. The maximum atomic E-state index is 13.3. The molecule has 29 heavy (non-hydrogen) atoms. The van der Waals surface area contributed by atoms with Gasteiger partial charge in [-0.1, -0.05) is 54.6 Å². The number of carbonyl (C=O) groups excluding carboxylic acids is 2. The number of urea groups is 1. The summed E-state index contributed by atoms with van der Waals surface area (Å²) in [5.41, 5.74) is 0.546. The Labute approximate surface area is 168 Å². The monoisotopic (exact) mass is 391 g/mol. The van der Waals surface area contributed by atoms with E-state index in [4.69, 9.17) is 0 Å². The third-order valence-corrected chi connectivity index (χ3v) is 5.35. The van der Waals surface area contributed by atoms with Crippen LogP contribution in [0.4, 0.5) is 9.18 Å². The Hall–Kier alpha value is -3.25. The van der Waals surface area contributed by atoms with Crippen LogP contribution >= 0.6 is 0 Å². The van der Waals surface area contributed by atoms with Crippen LogP contribution in [0.5, 0.6) is 0 Å². The van der Waals surface area contributed by atoms with Crippen molar-refractivity contribution < 1.29 is 14.0 Å². The van der Waals surface area contributed by atoms with E-state index in [1.807, 2.05) is 54.4 Å². The van der Waals surface area contributed by atoms with Gasteiger partial charge in [0.05, 0.1) is 6.67 Å². The van der Waals surface area contributed by atoms with Gasteiger partial charge in [-0.15, -0.1) is 0 Å². The quantitative estimate of drug-likeness (QED) is 0.673. The largest absolute Gasteiger partial charge is 0.326 e. The zero-order valence-corrected chi connectivity index (χ0v) is 16.4. The van der Waals surface area contributed by atoms with E-state index < -0.39 is 11.6 Å². The number of benzene rings is 3. The number of imide groups is 1. The Morgan fingerprint density at radius 1 is 1.00 bits per heavy atom. The fourth-order valence-electron chi connectivity index (χ4n) is 3.86. The van der Waals surface area contributed by atoms with E-state index in [1.54, 1.807) is 19.1 Å². The summed E-state index contributed by atoms with van der Waals surface area (Å²) in [7, 11) is 1.82. The summed E-state index contributed by atoms with van der Waals surface area (Å²) in [6.07, 6.45) is 0. The minimum atomic E-state index is -1.13. The molecule has 4 rings (SSSR count). The fraction of sp³-hybridized carbons (Fsp3) is 0.217. The molecule has 0 spiro atoms. The van der Waals surface area contributed by atoms with Gasteiger partial charge in [-0.05, 0) is 48.0 Å². The average Bonchev–Trinajstić information content (AvgIpc) is 2.93. The molecule has 0 unspecified atom stereocenters. The van der Waals surface area contributed by atoms with Crippen molar-refractivity contribution in [1.82, 2.24) is 15.1 Å². The molecule has 0 aliphatic carbocycles. The number of fused-ring (bicyclic) bond motifs is 1. The molecule has 1 aliphatic heterocycles. The van der Waals surface area contributed by atoms with Crippen molar-refractivity contribution in [3.63, 3.8) is 0 Å². The number of nitrogens with zero attached hydrogens (tertiary/aromatic N) is 2. The van der Waals surface area contributed by atoms with Crippen LogP contribution in [-0.4, -0.2) is 35.5 Å². The molecule has 1 saturated heterocycles. The lowest BCUT2D eigenvalue weighted by atomic mass is 9.88. The molecule has 0 radical (unpaired) electrons. The lowest BCUT2D eigenvalue weighted by molar-refractivity contribution is -0.132. The van der Waals surface area contributed by atoms with Crippen LogP contribution in [0, 0.1) is 5.82 Å². The maximum absolute atomic E-state index is 13.3. The van der Waals surface area contributed by atoms with E-state index in [0.29, 0.717) is 6.54 Å². The Morgan fingerprint density at radius 3 is 2.45 bits per heavy atom. The Kier molecular flexibility index (Phi) is 4.80. The van der Waals surface area contributed by atoms with Crippen LogP contribution in [0.2, 0.25) is 0 Å². The Balaban J connectivity index is 1.57. The predicted molar refractivity (Wildman–Crippen MR) is 109 cm³/mol.